The van der Waals surface area contributed by atoms with Crippen LogP contribution in [-0.4, -0.2) is 11.2 Å². The number of hydrogen-bond acceptors (Lipinski definition) is 2. The fourth-order valence-corrected chi connectivity index (χ4v) is 0.423. The van der Waals surface area contributed by atoms with E-state index in [2.05, 4.69) is 19.2 Å². The van der Waals surface area contributed by atoms with E-state index >= 15 is 0 Å². The van der Waals surface area contributed by atoms with Gasteiger partial charge in [-0.25, -0.2) is 0 Å². The first-order valence-electron chi connectivity index (χ1n) is 2.26. The van der Waals surface area contributed by atoms with Gasteiger partial charge < -0.3 is 5.73 Å². The standard InChI is InChI=1S/C5H9NOS/c1-2-3-4(8)5(6)7/h2,4,8H,1,3H2,(H2,6,7). The summed E-state index contributed by atoms with van der Waals surface area (Å²) < 4.78 is 0. The zero-order valence-corrected chi connectivity index (χ0v) is 5.40. The highest BCUT2D eigenvalue weighted by Gasteiger charge is 2.04. The molecule has 0 saturated carbocycles. The molecular weight excluding hydrogens is 122 g/mol. The van der Waals surface area contributed by atoms with Crippen molar-refractivity contribution in [3.8, 4) is 0 Å². The Labute approximate surface area is 54.2 Å². The van der Waals surface area contributed by atoms with E-state index in [9.17, 15) is 4.79 Å². The lowest BCUT2D eigenvalue weighted by Gasteiger charge is -1.98. The van der Waals surface area contributed by atoms with E-state index in [-0.39, 0.29) is 5.25 Å². The van der Waals surface area contributed by atoms with Crippen LogP contribution in [0.25, 0.3) is 0 Å². The number of carbonyl (C=O) groups excluding carboxylic acids is 1. The van der Waals surface area contributed by atoms with E-state index in [0.29, 0.717) is 6.42 Å². The van der Waals surface area contributed by atoms with Crippen LogP contribution in [-0.2, 0) is 4.79 Å². The Hall–Kier alpha value is -0.440. The van der Waals surface area contributed by atoms with E-state index in [1.165, 1.54) is 0 Å². The fraction of sp³-hybridized carbons (Fsp3) is 0.400. The maximum Gasteiger partial charge on any atom is 0.230 e. The van der Waals surface area contributed by atoms with E-state index in [4.69, 9.17) is 5.73 Å². The van der Waals surface area contributed by atoms with Gasteiger partial charge in [-0.05, 0) is 6.42 Å². The predicted octanol–water partition coefficient (Wildman–Crippen LogP) is 0.346. The van der Waals surface area contributed by atoms with Crippen LogP contribution in [0.1, 0.15) is 6.42 Å². The van der Waals surface area contributed by atoms with Gasteiger partial charge in [-0.1, -0.05) is 6.08 Å². The van der Waals surface area contributed by atoms with E-state index in [1.54, 1.807) is 6.08 Å². The monoisotopic (exact) mass is 131 g/mol. The van der Waals surface area contributed by atoms with Crippen molar-refractivity contribution in [2.24, 2.45) is 5.73 Å². The van der Waals surface area contributed by atoms with Crippen LogP contribution < -0.4 is 5.73 Å². The third-order valence-electron chi connectivity index (χ3n) is 0.718. The largest absolute Gasteiger partial charge is 0.369 e. The topological polar surface area (TPSA) is 43.1 Å². The van der Waals surface area contributed by atoms with Gasteiger partial charge in [-0.3, -0.25) is 4.79 Å². The minimum absolute atomic E-state index is 0.368. The second-order valence-corrected chi connectivity index (χ2v) is 2.07. The van der Waals surface area contributed by atoms with Crippen LogP contribution in [0.5, 0.6) is 0 Å². The molecule has 0 aliphatic rings. The molecule has 0 aromatic rings. The van der Waals surface area contributed by atoms with Crippen molar-refractivity contribution < 1.29 is 4.79 Å². The highest BCUT2D eigenvalue weighted by atomic mass is 32.1. The molecule has 0 aromatic heterocycles. The number of amides is 1. The number of rotatable bonds is 3. The number of allylic oxidation sites excluding steroid dienone is 1. The van der Waals surface area contributed by atoms with Crippen molar-refractivity contribution in [2.45, 2.75) is 11.7 Å². The lowest BCUT2D eigenvalue weighted by Crippen LogP contribution is -2.22. The Kier molecular flexibility index (Phi) is 3.35. The minimum Gasteiger partial charge on any atom is -0.369 e. The minimum atomic E-state index is -0.395. The quantitative estimate of drug-likeness (QED) is 0.421. The number of hydrogen-bond donors (Lipinski definition) is 2. The smallest absolute Gasteiger partial charge is 0.230 e. The average Bonchev–Trinajstić information content (AvgIpc) is 1.67. The summed E-state index contributed by atoms with van der Waals surface area (Å²) in [5.74, 6) is -0.395. The molecule has 0 aliphatic heterocycles. The fourth-order valence-electron chi connectivity index (χ4n) is 0.274. The third-order valence-corrected chi connectivity index (χ3v) is 1.18. The van der Waals surface area contributed by atoms with Crippen LogP contribution in [0.3, 0.4) is 0 Å². The summed E-state index contributed by atoms with van der Waals surface area (Å²) in [7, 11) is 0. The first-order valence-corrected chi connectivity index (χ1v) is 2.78. The molecule has 0 radical (unpaired) electrons. The number of primary amides is 1. The molecule has 3 heteroatoms. The molecule has 0 aliphatic carbocycles. The van der Waals surface area contributed by atoms with Crippen LogP contribution in [0.15, 0.2) is 12.7 Å². The summed E-state index contributed by atoms with van der Waals surface area (Å²) in [5, 5.41) is -0.368. The van der Waals surface area contributed by atoms with Crippen molar-refractivity contribution in [2.75, 3.05) is 0 Å². The highest BCUT2D eigenvalue weighted by molar-refractivity contribution is 7.81. The van der Waals surface area contributed by atoms with Gasteiger partial charge in [0.15, 0.2) is 0 Å². The predicted molar refractivity (Wildman–Crippen MR) is 36.8 cm³/mol. The van der Waals surface area contributed by atoms with E-state index in [1.807, 2.05) is 0 Å². The summed E-state index contributed by atoms with van der Waals surface area (Å²) in [5.41, 5.74) is 4.86. The molecule has 2 N–H and O–H groups in total. The average molecular weight is 131 g/mol. The molecule has 0 aromatic carbocycles. The van der Waals surface area contributed by atoms with Gasteiger partial charge in [0.25, 0.3) is 0 Å². The summed E-state index contributed by atoms with van der Waals surface area (Å²) in [6, 6.07) is 0. The SMILES string of the molecule is C=CCC(S)C(N)=O. The zero-order valence-electron chi connectivity index (χ0n) is 4.50. The van der Waals surface area contributed by atoms with Gasteiger partial charge in [0.05, 0.1) is 5.25 Å². The van der Waals surface area contributed by atoms with Gasteiger partial charge in [0.1, 0.15) is 0 Å². The van der Waals surface area contributed by atoms with Gasteiger partial charge in [0, 0.05) is 0 Å². The van der Waals surface area contributed by atoms with Crippen molar-refractivity contribution in [1.82, 2.24) is 0 Å². The van der Waals surface area contributed by atoms with Crippen LogP contribution >= 0.6 is 12.6 Å². The Bertz CT molecular complexity index is 103. The van der Waals surface area contributed by atoms with Crippen molar-refractivity contribution >= 4 is 18.5 Å². The summed E-state index contributed by atoms with van der Waals surface area (Å²) >= 11 is 3.86. The number of nitrogens with two attached hydrogens (primary N) is 1. The van der Waals surface area contributed by atoms with Gasteiger partial charge in [0.2, 0.25) is 5.91 Å². The molecule has 0 heterocycles. The van der Waals surface area contributed by atoms with E-state index < -0.39 is 5.91 Å². The van der Waals surface area contributed by atoms with E-state index in [0.717, 1.165) is 0 Å². The molecule has 1 amide bonds. The molecule has 0 saturated heterocycles. The molecule has 1 atom stereocenters. The first kappa shape index (κ1) is 7.56. The molecule has 8 heavy (non-hydrogen) atoms. The summed E-state index contributed by atoms with van der Waals surface area (Å²) in [6.45, 7) is 3.43. The number of thiol groups is 1. The lowest BCUT2D eigenvalue weighted by molar-refractivity contribution is -0.117. The van der Waals surface area contributed by atoms with Crippen molar-refractivity contribution in [3.05, 3.63) is 12.7 Å². The maximum absolute atomic E-state index is 10.2. The van der Waals surface area contributed by atoms with Gasteiger partial charge in [-0.15, -0.1) is 6.58 Å². The summed E-state index contributed by atoms with van der Waals surface area (Å²) in [4.78, 5) is 10.2. The Morgan fingerprint density at radius 2 is 2.50 bits per heavy atom. The van der Waals surface area contributed by atoms with Crippen LogP contribution in [0, 0.1) is 0 Å². The normalized spacial score (nSPS) is 12.6. The molecular formula is C5H9NOS. The van der Waals surface area contributed by atoms with Crippen LogP contribution in [0.4, 0.5) is 0 Å². The van der Waals surface area contributed by atoms with Crippen molar-refractivity contribution in [1.29, 1.82) is 0 Å². The maximum atomic E-state index is 10.2. The Balaban J connectivity index is 3.46. The van der Waals surface area contributed by atoms with Gasteiger partial charge >= 0.3 is 0 Å². The Morgan fingerprint density at radius 1 is 2.00 bits per heavy atom. The summed E-state index contributed by atoms with van der Waals surface area (Å²) in [6.07, 6.45) is 2.15. The Morgan fingerprint density at radius 3 is 2.62 bits per heavy atom. The molecule has 46 valence electrons. The molecule has 2 nitrogen and oxygen atoms in total. The molecule has 0 fully saturated rings. The molecule has 0 rings (SSSR count). The molecule has 0 spiro atoms. The van der Waals surface area contributed by atoms with Crippen molar-refractivity contribution in [3.63, 3.8) is 0 Å². The third kappa shape index (κ3) is 2.69. The number of carbonyl (C=O) groups is 1. The first-order chi connectivity index (χ1) is 3.68. The second-order valence-electron chi connectivity index (χ2n) is 1.44. The zero-order chi connectivity index (χ0) is 6.57. The highest BCUT2D eigenvalue weighted by Crippen LogP contribution is 1.98. The van der Waals surface area contributed by atoms with Gasteiger partial charge in [-0.2, -0.15) is 12.6 Å². The molecule has 0 bridgehead atoms. The second kappa shape index (κ2) is 3.55. The van der Waals surface area contributed by atoms with Crippen LogP contribution in [0.2, 0.25) is 0 Å². The lowest BCUT2D eigenvalue weighted by atomic mass is 10.3. The molecule has 1 unspecified atom stereocenters.